The number of anilines is 2. The Morgan fingerprint density at radius 1 is 1.30 bits per heavy atom. The molecule has 2 aromatic rings. The summed E-state index contributed by atoms with van der Waals surface area (Å²) in [5, 5.41) is 2.97. The second kappa shape index (κ2) is 9.21. The first-order valence-corrected chi connectivity index (χ1v) is 10.6. The lowest BCUT2D eigenvalue weighted by Crippen LogP contribution is -2.51. The van der Waals surface area contributed by atoms with Crippen molar-refractivity contribution in [1.29, 1.82) is 0 Å². The molecule has 1 aliphatic rings. The van der Waals surface area contributed by atoms with E-state index >= 15 is 0 Å². The molecule has 0 bridgehead atoms. The Hall–Kier alpha value is -3.01. The molecule has 3 rings (SSSR count). The Morgan fingerprint density at radius 2 is 1.97 bits per heavy atom. The smallest absolute Gasteiger partial charge is 0.272 e. The number of amides is 3. The zero-order valence-electron chi connectivity index (χ0n) is 16.6. The van der Waals surface area contributed by atoms with Crippen LogP contribution in [0.1, 0.15) is 59.2 Å². The maximum atomic E-state index is 14.7. The van der Waals surface area contributed by atoms with Crippen LogP contribution in [0.5, 0.6) is 0 Å². The standard InChI is InChI=1S/C20H24FN5O3S/c1-2-13(19(28)24-11-7-3-4-8-11)26(14-10-6-5-9-12(14)21)20(29)17-15(22)16(18(23)27)25-30-17/h5-6,9-11,13H,2-4,7-8,22H2,1H3,(H2,23,27)(H,24,28). The minimum absolute atomic E-state index is 0.0408. The van der Waals surface area contributed by atoms with E-state index < -0.39 is 23.7 Å². The van der Waals surface area contributed by atoms with Gasteiger partial charge in [0.25, 0.3) is 11.8 Å². The zero-order valence-corrected chi connectivity index (χ0v) is 17.4. The van der Waals surface area contributed by atoms with E-state index in [1.54, 1.807) is 13.0 Å². The Bertz CT molecular complexity index is 958. The first kappa shape index (κ1) is 21.7. The minimum Gasteiger partial charge on any atom is -0.395 e. The predicted octanol–water partition coefficient (Wildman–Crippen LogP) is 2.45. The summed E-state index contributed by atoms with van der Waals surface area (Å²) in [4.78, 5) is 39.0. The zero-order chi connectivity index (χ0) is 21.8. The molecule has 1 fully saturated rings. The summed E-state index contributed by atoms with van der Waals surface area (Å²) >= 11 is 0.693. The minimum atomic E-state index is -0.964. The van der Waals surface area contributed by atoms with E-state index in [1.807, 2.05) is 0 Å². The molecule has 0 spiro atoms. The van der Waals surface area contributed by atoms with Gasteiger partial charge in [0.2, 0.25) is 5.91 Å². The van der Waals surface area contributed by atoms with Gasteiger partial charge >= 0.3 is 0 Å². The lowest BCUT2D eigenvalue weighted by Gasteiger charge is -2.31. The number of para-hydroxylation sites is 1. The van der Waals surface area contributed by atoms with Crippen LogP contribution in [-0.4, -0.2) is 34.2 Å². The third-order valence-electron chi connectivity index (χ3n) is 5.19. The van der Waals surface area contributed by atoms with E-state index in [0.29, 0.717) is 11.5 Å². The van der Waals surface area contributed by atoms with Crippen molar-refractivity contribution in [2.24, 2.45) is 5.73 Å². The topological polar surface area (TPSA) is 131 Å². The number of nitrogens with two attached hydrogens (primary N) is 2. The summed E-state index contributed by atoms with van der Waals surface area (Å²) in [6, 6.07) is 4.78. The molecule has 0 saturated heterocycles. The van der Waals surface area contributed by atoms with E-state index in [4.69, 9.17) is 11.5 Å². The highest BCUT2D eigenvalue weighted by molar-refractivity contribution is 7.09. The fraction of sp³-hybridized carbons (Fsp3) is 0.400. The SMILES string of the molecule is CCC(C(=O)NC1CCCC1)N(C(=O)c1snc(C(N)=O)c1N)c1ccccc1F. The number of nitrogen functional groups attached to an aromatic ring is 1. The van der Waals surface area contributed by atoms with Crippen LogP contribution in [0.2, 0.25) is 0 Å². The highest BCUT2D eigenvalue weighted by Gasteiger charge is 2.36. The maximum Gasteiger partial charge on any atom is 0.272 e. The molecule has 1 saturated carbocycles. The van der Waals surface area contributed by atoms with Crippen LogP contribution in [0.4, 0.5) is 15.8 Å². The van der Waals surface area contributed by atoms with Crippen LogP contribution in [0.25, 0.3) is 0 Å². The number of benzene rings is 1. The number of nitrogens with zero attached hydrogens (tertiary/aromatic N) is 2. The van der Waals surface area contributed by atoms with Gasteiger partial charge in [-0.05, 0) is 42.9 Å². The number of hydrogen-bond acceptors (Lipinski definition) is 6. The normalized spacial score (nSPS) is 15.0. The third-order valence-corrected chi connectivity index (χ3v) is 6.04. The van der Waals surface area contributed by atoms with Crippen molar-refractivity contribution in [2.75, 3.05) is 10.6 Å². The average molecular weight is 434 g/mol. The first-order chi connectivity index (χ1) is 14.3. The van der Waals surface area contributed by atoms with Crippen molar-refractivity contribution in [1.82, 2.24) is 9.69 Å². The fourth-order valence-corrected chi connectivity index (χ4v) is 4.40. The molecule has 1 aliphatic carbocycles. The van der Waals surface area contributed by atoms with Crippen molar-refractivity contribution < 1.29 is 18.8 Å². The molecule has 1 heterocycles. The molecule has 1 aromatic carbocycles. The molecule has 5 N–H and O–H groups in total. The molecular weight excluding hydrogens is 409 g/mol. The van der Waals surface area contributed by atoms with Crippen LogP contribution in [0, 0.1) is 5.82 Å². The number of aromatic nitrogens is 1. The molecule has 1 aromatic heterocycles. The first-order valence-electron chi connectivity index (χ1n) is 9.78. The van der Waals surface area contributed by atoms with Crippen molar-refractivity contribution in [3.63, 3.8) is 0 Å². The highest BCUT2D eigenvalue weighted by Crippen LogP contribution is 2.30. The number of hydrogen-bond donors (Lipinski definition) is 3. The number of halogens is 1. The molecule has 8 nitrogen and oxygen atoms in total. The molecular formula is C20H24FN5O3S. The monoisotopic (exact) mass is 433 g/mol. The third kappa shape index (κ3) is 4.28. The van der Waals surface area contributed by atoms with Crippen LogP contribution in [0.15, 0.2) is 24.3 Å². The lowest BCUT2D eigenvalue weighted by atomic mass is 10.1. The van der Waals surface area contributed by atoms with Gasteiger partial charge in [0, 0.05) is 6.04 Å². The molecule has 1 unspecified atom stereocenters. The molecule has 160 valence electrons. The van der Waals surface area contributed by atoms with Crippen LogP contribution >= 0.6 is 11.5 Å². The van der Waals surface area contributed by atoms with Crippen LogP contribution in [-0.2, 0) is 4.79 Å². The fourth-order valence-electron chi connectivity index (χ4n) is 3.66. The van der Waals surface area contributed by atoms with Gasteiger partial charge in [-0.25, -0.2) is 4.39 Å². The van der Waals surface area contributed by atoms with Gasteiger partial charge in [0.1, 0.15) is 16.7 Å². The number of rotatable bonds is 7. The van der Waals surface area contributed by atoms with Gasteiger partial charge in [-0.15, -0.1) is 0 Å². The summed E-state index contributed by atoms with van der Waals surface area (Å²) in [6.45, 7) is 1.74. The maximum absolute atomic E-state index is 14.7. The number of carbonyl (C=O) groups excluding carboxylic acids is 3. The number of nitrogens with one attached hydrogen (secondary N) is 1. The molecule has 10 heteroatoms. The summed E-state index contributed by atoms with van der Waals surface area (Å²) < 4.78 is 18.5. The Labute approximate surface area is 177 Å². The average Bonchev–Trinajstić information content (AvgIpc) is 3.35. The van der Waals surface area contributed by atoms with Gasteiger partial charge in [0.15, 0.2) is 5.69 Å². The molecule has 0 radical (unpaired) electrons. The number of primary amides is 1. The summed E-state index contributed by atoms with van der Waals surface area (Å²) in [5.74, 6) is -2.60. The molecule has 30 heavy (non-hydrogen) atoms. The van der Waals surface area contributed by atoms with Crippen molar-refractivity contribution >= 4 is 40.6 Å². The number of carbonyl (C=O) groups is 3. The Balaban J connectivity index is 2.01. The summed E-state index contributed by atoms with van der Waals surface area (Å²) in [7, 11) is 0. The molecule has 0 aliphatic heterocycles. The van der Waals surface area contributed by atoms with E-state index in [1.165, 1.54) is 18.2 Å². The van der Waals surface area contributed by atoms with Gasteiger partial charge < -0.3 is 16.8 Å². The van der Waals surface area contributed by atoms with Crippen LogP contribution in [0.3, 0.4) is 0 Å². The Morgan fingerprint density at radius 3 is 2.53 bits per heavy atom. The second-order valence-corrected chi connectivity index (χ2v) is 7.95. The summed E-state index contributed by atoms with van der Waals surface area (Å²) in [6.07, 6.45) is 4.06. The van der Waals surface area contributed by atoms with Gasteiger partial charge in [-0.3, -0.25) is 19.3 Å². The van der Waals surface area contributed by atoms with E-state index in [2.05, 4.69) is 9.69 Å². The highest BCUT2D eigenvalue weighted by atomic mass is 32.1. The lowest BCUT2D eigenvalue weighted by molar-refractivity contribution is -0.123. The van der Waals surface area contributed by atoms with Gasteiger partial charge in [-0.1, -0.05) is 31.9 Å². The Kier molecular flexibility index (Phi) is 6.66. The molecule has 3 amide bonds. The largest absolute Gasteiger partial charge is 0.395 e. The summed E-state index contributed by atoms with van der Waals surface area (Å²) in [5.41, 5.74) is 10.7. The molecule has 1 atom stereocenters. The van der Waals surface area contributed by atoms with Crippen molar-refractivity contribution in [3.8, 4) is 0 Å². The van der Waals surface area contributed by atoms with E-state index in [0.717, 1.165) is 30.6 Å². The predicted molar refractivity (Wildman–Crippen MR) is 113 cm³/mol. The van der Waals surface area contributed by atoms with Crippen molar-refractivity contribution in [2.45, 2.75) is 51.1 Å². The van der Waals surface area contributed by atoms with Crippen molar-refractivity contribution in [3.05, 3.63) is 40.7 Å². The van der Waals surface area contributed by atoms with E-state index in [9.17, 15) is 18.8 Å². The quantitative estimate of drug-likeness (QED) is 0.617. The second-order valence-electron chi connectivity index (χ2n) is 7.18. The van der Waals surface area contributed by atoms with E-state index in [-0.39, 0.29) is 40.3 Å². The van der Waals surface area contributed by atoms with Gasteiger partial charge in [0.05, 0.1) is 11.4 Å². The van der Waals surface area contributed by atoms with Gasteiger partial charge in [-0.2, -0.15) is 4.37 Å². The van der Waals surface area contributed by atoms with Crippen LogP contribution < -0.4 is 21.7 Å².